The Morgan fingerprint density at radius 1 is 1.35 bits per heavy atom. The Morgan fingerprint density at radius 3 is 2.90 bits per heavy atom. The standard InChI is InChI=1S/C11H16N6O2S/c1-2-3-12-7-9-6-10(8-14-9)20(18,19)17-11-13-4-5-15-16-11/h4-6,8,12,14H,2-3,7H2,1H3,(H,13,16,17). The van der Waals surface area contributed by atoms with Crippen molar-refractivity contribution in [2.75, 3.05) is 11.3 Å². The maximum absolute atomic E-state index is 12.1. The quantitative estimate of drug-likeness (QED) is 0.641. The minimum absolute atomic E-state index is 0.0562. The van der Waals surface area contributed by atoms with Gasteiger partial charge in [-0.3, -0.25) is 0 Å². The highest BCUT2D eigenvalue weighted by Crippen LogP contribution is 2.13. The van der Waals surface area contributed by atoms with Crippen LogP contribution in [0.4, 0.5) is 5.95 Å². The van der Waals surface area contributed by atoms with E-state index in [2.05, 4.69) is 37.1 Å². The zero-order valence-electron chi connectivity index (χ0n) is 11.0. The van der Waals surface area contributed by atoms with Crippen LogP contribution in [0.15, 0.2) is 29.6 Å². The van der Waals surface area contributed by atoms with Gasteiger partial charge in [-0.25, -0.2) is 18.1 Å². The third-order valence-electron chi connectivity index (χ3n) is 2.48. The predicted molar refractivity (Wildman–Crippen MR) is 73.4 cm³/mol. The number of aromatic nitrogens is 4. The molecule has 0 unspecified atom stereocenters. The third-order valence-corrected chi connectivity index (χ3v) is 3.78. The molecule has 0 aliphatic rings. The lowest BCUT2D eigenvalue weighted by Gasteiger charge is -2.02. The number of nitrogens with one attached hydrogen (secondary N) is 3. The maximum Gasteiger partial charge on any atom is 0.265 e. The predicted octanol–water partition coefficient (Wildman–Crippen LogP) is 0.500. The van der Waals surface area contributed by atoms with Crippen LogP contribution in [0, 0.1) is 0 Å². The average molecular weight is 296 g/mol. The monoisotopic (exact) mass is 296 g/mol. The van der Waals surface area contributed by atoms with Crippen molar-refractivity contribution < 1.29 is 8.42 Å². The van der Waals surface area contributed by atoms with Gasteiger partial charge in [0.05, 0.1) is 12.4 Å². The smallest absolute Gasteiger partial charge is 0.265 e. The molecule has 0 aromatic carbocycles. The van der Waals surface area contributed by atoms with Gasteiger partial charge in [0.25, 0.3) is 16.0 Å². The molecule has 0 fully saturated rings. The van der Waals surface area contributed by atoms with E-state index in [1.807, 2.05) is 0 Å². The minimum atomic E-state index is -3.70. The van der Waals surface area contributed by atoms with Gasteiger partial charge in [0.2, 0.25) is 0 Å². The summed E-state index contributed by atoms with van der Waals surface area (Å²) in [5.74, 6) is -0.0562. The molecular weight excluding hydrogens is 280 g/mol. The zero-order valence-corrected chi connectivity index (χ0v) is 11.8. The van der Waals surface area contributed by atoms with E-state index >= 15 is 0 Å². The van der Waals surface area contributed by atoms with Crippen LogP contribution in [0.3, 0.4) is 0 Å². The summed E-state index contributed by atoms with van der Waals surface area (Å²) in [6, 6.07) is 1.57. The van der Waals surface area contributed by atoms with Crippen LogP contribution >= 0.6 is 0 Å². The number of rotatable bonds is 7. The van der Waals surface area contributed by atoms with Crippen molar-refractivity contribution in [1.29, 1.82) is 0 Å². The normalized spacial score (nSPS) is 11.4. The van der Waals surface area contributed by atoms with E-state index in [0.717, 1.165) is 18.7 Å². The number of anilines is 1. The molecular formula is C11H16N6O2S. The molecule has 0 bridgehead atoms. The Bertz CT molecular complexity index is 640. The summed E-state index contributed by atoms with van der Waals surface area (Å²) in [6.45, 7) is 3.53. The number of nitrogens with zero attached hydrogens (tertiary/aromatic N) is 3. The van der Waals surface area contributed by atoms with E-state index < -0.39 is 10.0 Å². The molecule has 20 heavy (non-hydrogen) atoms. The second-order valence-electron chi connectivity index (χ2n) is 4.11. The van der Waals surface area contributed by atoms with E-state index in [9.17, 15) is 8.42 Å². The number of hydrogen-bond donors (Lipinski definition) is 3. The van der Waals surface area contributed by atoms with Crippen LogP contribution in [0.2, 0.25) is 0 Å². The van der Waals surface area contributed by atoms with Gasteiger partial charge in [0.1, 0.15) is 4.90 Å². The lowest BCUT2D eigenvalue weighted by Crippen LogP contribution is -2.15. The molecule has 0 saturated heterocycles. The summed E-state index contributed by atoms with van der Waals surface area (Å²) >= 11 is 0. The molecule has 8 nitrogen and oxygen atoms in total. The summed E-state index contributed by atoms with van der Waals surface area (Å²) < 4.78 is 26.4. The average Bonchev–Trinajstić information content (AvgIpc) is 2.89. The molecule has 0 aliphatic carbocycles. The molecule has 0 spiro atoms. The van der Waals surface area contributed by atoms with Crippen LogP contribution in [0.5, 0.6) is 0 Å². The molecule has 108 valence electrons. The van der Waals surface area contributed by atoms with Crippen LogP contribution in [-0.4, -0.2) is 35.1 Å². The first kappa shape index (κ1) is 14.4. The summed E-state index contributed by atoms with van der Waals surface area (Å²) in [5, 5.41) is 10.3. The van der Waals surface area contributed by atoms with Crippen molar-refractivity contribution in [3.8, 4) is 0 Å². The fraction of sp³-hybridized carbons (Fsp3) is 0.364. The minimum Gasteiger partial charge on any atom is -0.363 e. The zero-order chi connectivity index (χ0) is 14.4. The van der Waals surface area contributed by atoms with Gasteiger partial charge in [-0.05, 0) is 19.0 Å². The highest BCUT2D eigenvalue weighted by atomic mass is 32.2. The van der Waals surface area contributed by atoms with Gasteiger partial charge in [0.15, 0.2) is 0 Å². The Kier molecular flexibility index (Phi) is 4.64. The topological polar surface area (TPSA) is 113 Å². The van der Waals surface area contributed by atoms with Crippen molar-refractivity contribution in [2.45, 2.75) is 24.8 Å². The molecule has 3 N–H and O–H groups in total. The van der Waals surface area contributed by atoms with Crippen LogP contribution in [0.25, 0.3) is 0 Å². The second-order valence-corrected chi connectivity index (χ2v) is 5.79. The van der Waals surface area contributed by atoms with Gasteiger partial charge in [0, 0.05) is 18.4 Å². The lowest BCUT2D eigenvalue weighted by molar-refractivity contribution is 0.600. The maximum atomic E-state index is 12.1. The van der Waals surface area contributed by atoms with E-state index in [4.69, 9.17) is 0 Å². The SMILES string of the molecule is CCCNCc1cc(S(=O)(=O)Nc2nccnn2)c[nH]1. The van der Waals surface area contributed by atoms with E-state index in [0.29, 0.717) is 6.54 Å². The van der Waals surface area contributed by atoms with Crippen molar-refractivity contribution in [2.24, 2.45) is 0 Å². The number of hydrogen-bond acceptors (Lipinski definition) is 6. The molecule has 0 radical (unpaired) electrons. The first-order valence-corrected chi connectivity index (χ1v) is 7.64. The summed E-state index contributed by atoms with van der Waals surface area (Å²) in [6.07, 6.45) is 5.18. The Balaban J connectivity index is 2.06. The van der Waals surface area contributed by atoms with E-state index in [1.165, 1.54) is 18.6 Å². The molecule has 2 rings (SSSR count). The molecule has 2 aromatic rings. The van der Waals surface area contributed by atoms with Crippen molar-refractivity contribution >= 4 is 16.0 Å². The molecule has 0 saturated carbocycles. The fourth-order valence-corrected chi connectivity index (χ4v) is 2.51. The number of H-pyrrole nitrogens is 1. The van der Waals surface area contributed by atoms with Crippen LogP contribution in [-0.2, 0) is 16.6 Å². The van der Waals surface area contributed by atoms with Gasteiger partial charge in [-0.2, -0.15) is 5.10 Å². The van der Waals surface area contributed by atoms with Crippen molar-refractivity contribution in [3.63, 3.8) is 0 Å². The van der Waals surface area contributed by atoms with Crippen LogP contribution < -0.4 is 10.0 Å². The first-order chi connectivity index (χ1) is 9.62. The number of aromatic amines is 1. The third kappa shape index (κ3) is 3.75. The van der Waals surface area contributed by atoms with E-state index in [1.54, 1.807) is 6.07 Å². The molecule has 2 aromatic heterocycles. The van der Waals surface area contributed by atoms with Gasteiger partial charge in [-0.1, -0.05) is 6.92 Å². The highest BCUT2D eigenvalue weighted by Gasteiger charge is 2.17. The Morgan fingerprint density at radius 2 is 2.20 bits per heavy atom. The van der Waals surface area contributed by atoms with Crippen molar-refractivity contribution in [1.82, 2.24) is 25.5 Å². The van der Waals surface area contributed by atoms with Gasteiger partial charge >= 0.3 is 0 Å². The molecule has 0 aliphatic heterocycles. The lowest BCUT2D eigenvalue weighted by atomic mass is 10.4. The van der Waals surface area contributed by atoms with Gasteiger partial charge < -0.3 is 10.3 Å². The van der Waals surface area contributed by atoms with Crippen molar-refractivity contribution in [3.05, 3.63) is 30.4 Å². The first-order valence-electron chi connectivity index (χ1n) is 6.16. The fourth-order valence-electron chi connectivity index (χ4n) is 1.55. The molecule has 0 atom stereocenters. The van der Waals surface area contributed by atoms with E-state index in [-0.39, 0.29) is 10.8 Å². The van der Waals surface area contributed by atoms with Gasteiger partial charge in [-0.15, -0.1) is 5.10 Å². The second kappa shape index (κ2) is 6.44. The highest BCUT2D eigenvalue weighted by molar-refractivity contribution is 7.92. The molecule has 0 amide bonds. The largest absolute Gasteiger partial charge is 0.363 e. The Labute approximate surface area is 117 Å². The molecule has 2 heterocycles. The summed E-state index contributed by atoms with van der Waals surface area (Å²) in [5.41, 5.74) is 0.797. The summed E-state index contributed by atoms with van der Waals surface area (Å²) in [7, 11) is -3.70. The summed E-state index contributed by atoms with van der Waals surface area (Å²) in [4.78, 5) is 6.83. The van der Waals surface area contributed by atoms with Crippen LogP contribution in [0.1, 0.15) is 19.0 Å². The Hall–Kier alpha value is -2.00. The molecule has 9 heteroatoms. The number of sulfonamides is 1.